The van der Waals surface area contributed by atoms with Gasteiger partial charge in [0, 0.05) is 32.4 Å². The van der Waals surface area contributed by atoms with Crippen LogP contribution in [0, 0.1) is 11.6 Å². The van der Waals surface area contributed by atoms with Crippen molar-refractivity contribution in [3.63, 3.8) is 0 Å². The van der Waals surface area contributed by atoms with E-state index in [2.05, 4.69) is 10.0 Å². The van der Waals surface area contributed by atoms with Crippen LogP contribution in [0.15, 0.2) is 17.0 Å². The van der Waals surface area contributed by atoms with Crippen LogP contribution in [0.2, 0.25) is 0 Å². The molecule has 0 bridgehead atoms. The molecule has 1 aromatic rings. The molecular formula is C13H20F2N2O3S. The summed E-state index contributed by atoms with van der Waals surface area (Å²) in [7, 11) is -0.917. The lowest BCUT2D eigenvalue weighted by Crippen LogP contribution is -2.26. The summed E-state index contributed by atoms with van der Waals surface area (Å²) in [5.74, 6) is -1.84. The first-order chi connectivity index (χ1) is 9.94. The predicted octanol–water partition coefficient (Wildman–Crippen LogP) is 1.39. The fourth-order valence-electron chi connectivity index (χ4n) is 1.78. The monoisotopic (exact) mass is 322 g/mol. The number of ether oxygens (including phenoxy) is 1. The van der Waals surface area contributed by atoms with Crippen molar-refractivity contribution >= 4 is 10.0 Å². The van der Waals surface area contributed by atoms with Crippen LogP contribution in [0.3, 0.4) is 0 Å². The van der Waals surface area contributed by atoms with Gasteiger partial charge >= 0.3 is 0 Å². The highest BCUT2D eigenvalue weighted by molar-refractivity contribution is 7.89. The molecule has 0 fully saturated rings. The molecule has 21 heavy (non-hydrogen) atoms. The molecule has 8 heteroatoms. The largest absolute Gasteiger partial charge is 0.385 e. The molecule has 0 saturated carbocycles. The highest BCUT2D eigenvalue weighted by Crippen LogP contribution is 2.20. The van der Waals surface area contributed by atoms with E-state index in [1.165, 1.54) is 7.05 Å². The Kier molecular flexibility index (Phi) is 7.16. The van der Waals surface area contributed by atoms with E-state index < -0.39 is 26.6 Å². The van der Waals surface area contributed by atoms with E-state index in [0.717, 1.165) is 12.1 Å². The molecule has 0 saturated heterocycles. The maximum absolute atomic E-state index is 14.1. The summed E-state index contributed by atoms with van der Waals surface area (Å²) >= 11 is 0. The number of sulfonamides is 1. The Hall–Kier alpha value is -1.09. The first-order valence-electron chi connectivity index (χ1n) is 6.54. The number of benzene rings is 1. The number of nitrogens with one attached hydrogen (secondary N) is 2. The van der Waals surface area contributed by atoms with E-state index in [0.29, 0.717) is 19.4 Å². The summed E-state index contributed by atoms with van der Waals surface area (Å²) in [6.07, 6.45) is 1.26. The molecule has 0 heterocycles. The summed E-state index contributed by atoms with van der Waals surface area (Å²) in [6.45, 7) is 0.609. The average Bonchev–Trinajstić information content (AvgIpc) is 2.42. The summed E-state index contributed by atoms with van der Waals surface area (Å²) in [6, 6.07) is 1.89. The smallest absolute Gasteiger partial charge is 0.243 e. The van der Waals surface area contributed by atoms with Gasteiger partial charge in [0.1, 0.15) is 10.7 Å². The molecule has 120 valence electrons. The van der Waals surface area contributed by atoms with Crippen LogP contribution in [0.4, 0.5) is 8.78 Å². The van der Waals surface area contributed by atoms with Crippen molar-refractivity contribution in [1.29, 1.82) is 0 Å². The van der Waals surface area contributed by atoms with Crippen LogP contribution in [0.1, 0.15) is 18.4 Å². The van der Waals surface area contributed by atoms with Crippen molar-refractivity contribution in [2.45, 2.75) is 24.3 Å². The quantitative estimate of drug-likeness (QED) is 0.674. The van der Waals surface area contributed by atoms with Gasteiger partial charge in [-0.1, -0.05) is 0 Å². The van der Waals surface area contributed by atoms with Gasteiger partial charge in [-0.25, -0.2) is 21.9 Å². The molecule has 0 aliphatic heterocycles. The number of hydrogen-bond donors (Lipinski definition) is 2. The SMILES string of the molecule is CNCc1c(F)ccc(S(=O)(=O)NCCCCOC)c1F. The molecule has 0 aliphatic carbocycles. The number of methoxy groups -OCH3 is 1. The van der Waals surface area contributed by atoms with Crippen LogP contribution in [-0.2, 0) is 21.3 Å². The fraction of sp³-hybridized carbons (Fsp3) is 0.538. The number of halogens is 2. The second-order valence-corrected chi connectivity index (χ2v) is 6.20. The summed E-state index contributed by atoms with van der Waals surface area (Å²) in [5, 5.41) is 2.60. The molecule has 2 N–H and O–H groups in total. The normalized spacial score (nSPS) is 11.8. The van der Waals surface area contributed by atoms with E-state index in [1.54, 1.807) is 7.11 Å². The van der Waals surface area contributed by atoms with Crippen LogP contribution >= 0.6 is 0 Å². The van der Waals surface area contributed by atoms with Gasteiger partial charge < -0.3 is 10.1 Å². The molecule has 0 amide bonds. The van der Waals surface area contributed by atoms with E-state index in [9.17, 15) is 17.2 Å². The minimum absolute atomic E-state index is 0.0884. The Balaban J connectivity index is 2.86. The van der Waals surface area contributed by atoms with Gasteiger partial charge in [0.25, 0.3) is 0 Å². The van der Waals surface area contributed by atoms with E-state index in [4.69, 9.17) is 4.74 Å². The van der Waals surface area contributed by atoms with Gasteiger partial charge in [0.05, 0.1) is 0 Å². The second-order valence-electron chi connectivity index (χ2n) is 4.47. The molecule has 5 nitrogen and oxygen atoms in total. The first kappa shape index (κ1) is 18.0. The Bertz CT molecular complexity index is 565. The lowest BCUT2D eigenvalue weighted by molar-refractivity contribution is 0.193. The average molecular weight is 322 g/mol. The van der Waals surface area contributed by atoms with Crippen molar-refractivity contribution in [3.8, 4) is 0 Å². The van der Waals surface area contributed by atoms with E-state index in [1.807, 2.05) is 0 Å². The minimum atomic E-state index is -4.00. The van der Waals surface area contributed by atoms with Gasteiger partial charge in [0.2, 0.25) is 10.0 Å². The zero-order valence-corrected chi connectivity index (χ0v) is 12.9. The van der Waals surface area contributed by atoms with E-state index in [-0.39, 0.29) is 18.7 Å². The zero-order chi connectivity index (χ0) is 15.9. The fourth-order valence-corrected chi connectivity index (χ4v) is 2.95. The minimum Gasteiger partial charge on any atom is -0.385 e. The number of unbranched alkanes of at least 4 members (excludes halogenated alkanes) is 1. The third-order valence-electron chi connectivity index (χ3n) is 2.86. The van der Waals surface area contributed by atoms with Crippen LogP contribution in [-0.4, -0.2) is 35.7 Å². The van der Waals surface area contributed by atoms with Gasteiger partial charge in [-0.2, -0.15) is 0 Å². The molecule has 1 aromatic carbocycles. The highest BCUT2D eigenvalue weighted by atomic mass is 32.2. The Morgan fingerprint density at radius 2 is 1.95 bits per heavy atom. The molecule has 0 spiro atoms. The van der Waals surface area contributed by atoms with Crippen molar-refractivity contribution in [1.82, 2.24) is 10.0 Å². The summed E-state index contributed by atoms with van der Waals surface area (Å²) in [5.41, 5.74) is -0.292. The summed E-state index contributed by atoms with van der Waals surface area (Å²) in [4.78, 5) is -0.541. The maximum atomic E-state index is 14.1. The lowest BCUT2D eigenvalue weighted by atomic mass is 10.2. The number of hydrogen-bond acceptors (Lipinski definition) is 4. The van der Waals surface area contributed by atoms with Crippen LogP contribution < -0.4 is 10.0 Å². The van der Waals surface area contributed by atoms with Gasteiger partial charge in [-0.3, -0.25) is 0 Å². The molecule has 0 radical (unpaired) electrons. The van der Waals surface area contributed by atoms with Gasteiger partial charge in [-0.15, -0.1) is 0 Å². The van der Waals surface area contributed by atoms with Crippen molar-refractivity contribution < 1.29 is 21.9 Å². The van der Waals surface area contributed by atoms with Crippen molar-refractivity contribution in [2.24, 2.45) is 0 Å². The zero-order valence-electron chi connectivity index (χ0n) is 12.1. The Morgan fingerprint density at radius 1 is 1.24 bits per heavy atom. The predicted molar refractivity (Wildman–Crippen MR) is 75.4 cm³/mol. The standard InChI is InChI=1S/C13H20F2N2O3S/c1-16-9-10-11(14)5-6-12(13(10)15)21(18,19)17-7-3-4-8-20-2/h5-6,16-17H,3-4,7-9H2,1-2H3. The molecule has 1 rings (SSSR count). The first-order valence-corrected chi connectivity index (χ1v) is 8.02. The molecule has 0 aliphatic rings. The van der Waals surface area contributed by atoms with Crippen LogP contribution in [0.25, 0.3) is 0 Å². The molecule has 0 aromatic heterocycles. The Labute approximate surface area is 123 Å². The maximum Gasteiger partial charge on any atom is 0.243 e. The van der Waals surface area contributed by atoms with Crippen molar-refractivity contribution in [2.75, 3.05) is 27.3 Å². The molecule has 0 unspecified atom stereocenters. The van der Waals surface area contributed by atoms with Gasteiger partial charge in [-0.05, 0) is 32.0 Å². The molecule has 0 atom stereocenters. The van der Waals surface area contributed by atoms with Crippen molar-refractivity contribution in [3.05, 3.63) is 29.3 Å². The molecular weight excluding hydrogens is 302 g/mol. The van der Waals surface area contributed by atoms with E-state index >= 15 is 0 Å². The van der Waals surface area contributed by atoms with Gasteiger partial charge in [0.15, 0.2) is 5.82 Å². The Morgan fingerprint density at radius 3 is 2.57 bits per heavy atom. The summed E-state index contributed by atoms with van der Waals surface area (Å²) < 4.78 is 58.8. The second kappa shape index (κ2) is 8.38. The lowest BCUT2D eigenvalue weighted by Gasteiger charge is -2.11. The third kappa shape index (κ3) is 4.99. The highest BCUT2D eigenvalue weighted by Gasteiger charge is 2.22. The third-order valence-corrected chi connectivity index (χ3v) is 4.34. The van der Waals surface area contributed by atoms with Crippen LogP contribution in [0.5, 0.6) is 0 Å². The topological polar surface area (TPSA) is 67.4 Å². The number of rotatable bonds is 9.